The molecule has 0 bridgehead atoms. The summed E-state index contributed by atoms with van der Waals surface area (Å²) in [6, 6.07) is 12.3. The Kier molecular flexibility index (Phi) is 9.74. The zero-order chi connectivity index (χ0) is 27.0. The molecule has 36 heavy (non-hydrogen) atoms. The molecular formula is C30H32O6. The van der Waals surface area contributed by atoms with Crippen LogP contribution in [0.3, 0.4) is 0 Å². The van der Waals surface area contributed by atoms with Crippen molar-refractivity contribution in [2.75, 3.05) is 0 Å². The van der Waals surface area contributed by atoms with Crippen molar-refractivity contribution >= 4 is 29.1 Å². The molecule has 0 saturated heterocycles. The van der Waals surface area contributed by atoms with E-state index in [1.54, 1.807) is 37.3 Å². The topological polar surface area (TPSA) is 78.9 Å². The van der Waals surface area contributed by atoms with E-state index in [9.17, 15) is 14.4 Å². The van der Waals surface area contributed by atoms with Crippen molar-refractivity contribution in [1.29, 1.82) is 0 Å². The van der Waals surface area contributed by atoms with Gasteiger partial charge in [0.05, 0.1) is 0 Å². The van der Waals surface area contributed by atoms with E-state index in [0.29, 0.717) is 11.3 Å². The van der Waals surface area contributed by atoms with Crippen molar-refractivity contribution in [3.05, 3.63) is 90.0 Å². The Balaban J connectivity index is 2.52. The molecule has 0 amide bonds. The smallest absolute Gasteiger partial charge is 0.338 e. The normalized spacial score (nSPS) is 11.1. The monoisotopic (exact) mass is 488 g/mol. The molecule has 0 saturated carbocycles. The van der Waals surface area contributed by atoms with Gasteiger partial charge in [-0.2, -0.15) is 0 Å². The maximum absolute atomic E-state index is 12.2. The summed E-state index contributed by atoms with van der Waals surface area (Å²) in [7, 11) is 0. The maximum atomic E-state index is 12.2. The number of allylic oxidation sites excluding steroid dienone is 2. The summed E-state index contributed by atoms with van der Waals surface area (Å²) in [6.07, 6.45) is 1.68. The van der Waals surface area contributed by atoms with Crippen LogP contribution in [0.5, 0.6) is 17.2 Å². The highest BCUT2D eigenvalue weighted by Crippen LogP contribution is 2.36. The highest BCUT2D eigenvalue weighted by molar-refractivity contribution is 5.93. The van der Waals surface area contributed by atoms with Gasteiger partial charge < -0.3 is 14.2 Å². The lowest BCUT2D eigenvalue weighted by Crippen LogP contribution is -2.13. The molecule has 2 rings (SSSR count). The molecule has 0 spiro atoms. The van der Waals surface area contributed by atoms with Crippen LogP contribution in [0.1, 0.15) is 58.6 Å². The first-order chi connectivity index (χ1) is 16.9. The van der Waals surface area contributed by atoms with Gasteiger partial charge in [-0.1, -0.05) is 51.3 Å². The van der Waals surface area contributed by atoms with Gasteiger partial charge in [0.25, 0.3) is 0 Å². The van der Waals surface area contributed by atoms with E-state index in [0.717, 1.165) is 35.1 Å². The van der Waals surface area contributed by atoms with E-state index in [4.69, 9.17) is 14.2 Å². The standard InChI is InChI=1S/C30H32O6/c1-9-10-25(22-11-14-24(15-12-22)34-28(31)18(2)3)21(8)23-13-16-26(35-29(32)19(4)5)27(17-23)36-30(33)20(6)7/h11-17H,2,4,6,9-10H2,1,3,5,7-8H3/b25-21+. The van der Waals surface area contributed by atoms with Crippen molar-refractivity contribution in [1.82, 2.24) is 0 Å². The van der Waals surface area contributed by atoms with Gasteiger partial charge in [-0.05, 0) is 80.7 Å². The van der Waals surface area contributed by atoms with Gasteiger partial charge in [0.2, 0.25) is 0 Å². The minimum absolute atomic E-state index is 0.104. The lowest BCUT2D eigenvalue weighted by Gasteiger charge is -2.16. The molecule has 0 aliphatic rings. The number of rotatable bonds is 10. The third-order valence-corrected chi connectivity index (χ3v) is 5.19. The molecule has 0 radical (unpaired) electrons. The number of esters is 3. The molecule has 2 aromatic rings. The maximum Gasteiger partial charge on any atom is 0.338 e. The Morgan fingerprint density at radius 1 is 0.667 bits per heavy atom. The highest BCUT2D eigenvalue weighted by Gasteiger charge is 2.17. The van der Waals surface area contributed by atoms with Crippen molar-refractivity contribution in [3.63, 3.8) is 0 Å². The molecule has 6 nitrogen and oxygen atoms in total. The van der Waals surface area contributed by atoms with Gasteiger partial charge in [0.1, 0.15) is 5.75 Å². The zero-order valence-corrected chi connectivity index (χ0v) is 21.5. The fraction of sp³-hybridized carbons (Fsp3) is 0.233. The van der Waals surface area contributed by atoms with Gasteiger partial charge in [-0.3, -0.25) is 0 Å². The largest absolute Gasteiger partial charge is 0.423 e. The van der Waals surface area contributed by atoms with E-state index in [-0.39, 0.29) is 22.6 Å². The Labute approximate surface area is 212 Å². The molecule has 0 aliphatic carbocycles. The number of hydrogen-bond acceptors (Lipinski definition) is 6. The van der Waals surface area contributed by atoms with E-state index in [1.807, 2.05) is 19.1 Å². The number of hydrogen-bond donors (Lipinski definition) is 0. The second-order valence-electron chi connectivity index (χ2n) is 8.55. The van der Waals surface area contributed by atoms with Gasteiger partial charge in [-0.15, -0.1) is 0 Å². The van der Waals surface area contributed by atoms with Crippen LogP contribution in [0.15, 0.2) is 78.9 Å². The van der Waals surface area contributed by atoms with Gasteiger partial charge in [0.15, 0.2) is 11.5 Å². The fourth-order valence-electron chi connectivity index (χ4n) is 3.17. The van der Waals surface area contributed by atoms with Crippen LogP contribution in [-0.2, 0) is 14.4 Å². The van der Waals surface area contributed by atoms with Crippen molar-refractivity contribution in [2.45, 2.75) is 47.5 Å². The highest BCUT2D eigenvalue weighted by atomic mass is 16.6. The van der Waals surface area contributed by atoms with Crippen LogP contribution in [0, 0.1) is 0 Å². The number of ether oxygens (including phenoxy) is 3. The third-order valence-electron chi connectivity index (χ3n) is 5.19. The summed E-state index contributed by atoms with van der Waals surface area (Å²) >= 11 is 0. The van der Waals surface area contributed by atoms with Gasteiger partial charge in [-0.25, -0.2) is 14.4 Å². The zero-order valence-electron chi connectivity index (χ0n) is 21.5. The number of benzene rings is 2. The average molecular weight is 489 g/mol. The van der Waals surface area contributed by atoms with E-state index in [1.165, 1.54) is 13.8 Å². The van der Waals surface area contributed by atoms with Crippen LogP contribution in [-0.4, -0.2) is 17.9 Å². The molecule has 0 aromatic heterocycles. The predicted molar refractivity (Wildman–Crippen MR) is 142 cm³/mol. The average Bonchev–Trinajstić information content (AvgIpc) is 2.83. The summed E-state index contributed by atoms with van der Waals surface area (Å²) in [4.78, 5) is 36.1. The molecule has 0 fully saturated rings. The summed E-state index contributed by atoms with van der Waals surface area (Å²) in [6.45, 7) is 19.5. The first-order valence-corrected chi connectivity index (χ1v) is 11.5. The molecule has 0 aliphatic heterocycles. The minimum atomic E-state index is -0.630. The molecule has 0 N–H and O–H groups in total. The Morgan fingerprint density at radius 2 is 1.14 bits per heavy atom. The van der Waals surface area contributed by atoms with Crippen molar-refractivity contribution in [2.24, 2.45) is 0 Å². The summed E-state index contributed by atoms with van der Waals surface area (Å²) in [5.74, 6) is -1.09. The Morgan fingerprint density at radius 3 is 1.64 bits per heavy atom. The van der Waals surface area contributed by atoms with Crippen molar-refractivity contribution < 1.29 is 28.6 Å². The molecule has 0 heterocycles. The first kappa shape index (κ1) is 28.1. The van der Waals surface area contributed by atoms with Crippen LogP contribution < -0.4 is 14.2 Å². The van der Waals surface area contributed by atoms with Crippen LogP contribution >= 0.6 is 0 Å². The van der Waals surface area contributed by atoms with E-state index in [2.05, 4.69) is 26.7 Å². The summed E-state index contributed by atoms with van der Waals surface area (Å²) < 4.78 is 16.1. The third kappa shape index (κ3) is 7.40. The van der Waals surface area contributed by atoms with E-state index < -0.39 is 17.9 Å². The van der Waals surface area contributed by atoms with Gasteiger partial charge in [0, 0.05) is 16.7 Å². The van der Waals surface area contributed by atoms with Crippen molar-refractivity contribution in [3.8, 4) is 17.2 Å². The molecule has 188 valence electrons. The van der Waals surface area contributed by atoms with Crippen LogP contribution in [0.25, 0.3) is 11.1 Å². The Hall–Kier alpha value is -4.19. The molecule has 2 aromatic carbocycles. The quantitative estimate of drug-likeness (QED) is 0.157. The summed E-state index contributed by atoms with van der Waals surface area (Å²) in [5, 5.41) is 0. The second-order valence-corrected chi connectivity index (χ2v) is 8.55. The Bertz CT molecular complexity index is 1240. The molecule has 6 heteroatoms. The fourth-order valence-corrected chi connectivity index (χ4v) is 3.17. The predicted octanol–water partition coefficient (Wildman–Crippen LogP) is 6.86. The minimum Gasteiger partial charge on any atom is -0.423 e. The first-order valence-electron chi connectivity index (χ1n) is 11.5. The molecule has 0 atom stereocenters. The van der Waals surface area contributed by atoms with Crippen LogP contribution in [0.4, 0.5) is 0 Å². The second kappa shape index (κ2) is 12.5. The summed E-state index contributed by atoms with van der Waals surface area (Å²) in [5.41, 5.74) is 4.52. The number of carbonyl (C=O) groups is 3. The lowest BCUT2D eigenvalue weighted by atomic mass is 9.92. The molecular weight excluding hydrogens is 456 g/mol. The SMILES string of the molecule is C=C(C)C(=O)Oc1ccc(/C(CCC)=C(\C)c2ccc(OC(=O)C(=C)C)c(OC(=O)C(=C)C)c2)cc1. The van der Waals surface area contributed by atoms with Crippen LogP contribution in [0.2, 0.25) is 0 Å². The van der Waals surface area contributed by atoms with Gasteiger partial charge >= 0.3 is 17.9 Å². The van der Waals surface area contributed by atoms with E-state index >= 15 is 0 Å². The number of carbonyl (C=O) groups excluding carboxylic acids is 3. The lowest BCUT2D eigenvalue weighted by molar-refractivity contribution is -0.132. The molecule has 0 unspecified atom stereocenters.